The van der Waals surface area contributed by atoms with Crippen LogP contribution in [0.2, 0.25) is 0 Å². The Bertz CT molecular complexity index is 459. The van der Waals surface area contributed by atoms with Crippen molar-refractivity contribution in [3.05, 3.63) is 39.2 Å². The molecule has 0 aromatic carbocycles. The maximum atomic E-state index is 4.93. The van der Waals surface area contributed by atoms with Crippen LogP contribution in [0.1, 0.15) is 54.4 Å². The van der Waals surface area contributed by atoms with E-state index < -0.39 is 20.8 Å². The Labute approximate surface area is 189 Å². The van der Waals surface area contributed by atoms with Crippen LogP contribution in [0.3, 0.4) is 0 Å². The SMILES string of the molecule is CC(C)C1CC2C=CC=CC2C1CC1C(C)C(C)C(C)C1C.[CH3-].[CH3-].[Cl][Zr+2][Cl]. The minimum atomic E-state index is -0.826. The van der Waals surface area contributed by atoms with Gasteiger partial charge < -0.3 is 14.9 Å². The second-order valence-electron chi connectivity index (χ2n) is 9.23. The molecule has 2 saturated carbocycles. The number of allylic oxidation sites excluding steroid dienone is 4. The number of hydrogen-bond acceptors (Lipinski definition) is 0. The van der Waals surface area contributed by atoms with Gasteiger partial charge in [0.2, 0.25) is 0 Å². The van der Waals surface area contributed by atoms with E-state index in [-0.39, 0.29) is 14.9 Å². The zero-order valence-corrected chi connectivity index (χ0v) is 22.7. The van der Waals surface area contributed by atoms with Gasteiger partial charge in [-0.3, -0.25) is 0 Å². The first-order valence-corrected chi connectivity index (χ1v) is 16.5. The standard InChI is InChI=1S/C22H36.2CH3.2ClH.Zr/c1-13(2)20-11-18-9-7-8-10-19(18)22(20)12-21-16(5)14(3)15(4)17(21)6;;;;;/h7-10,13-22H,11-12H2,1-6H3;2*1H3;2*1H;/q;2*-1;;;+4/p-2. The Morgan fingerprint density at radius 2 is 1.33 bits per heavy atom. The van der Waals surface area contributed by atoms with Crippen LogP contribution in [0.5, 0.6) is 0 Å². The van der Waals surface area contributed by atoms with Crippen LogP contribution >= 0.6 is 17.0 Å². The van der Waals surface area contributed by atoms with E-state index in [4.69, 9.17) is 17.0 Å². The summed E-state index contributed by atoms with van der Waals surface area (Å²) < 4.78 is 0. The molecule has 0 amide bonds. The molecule has 0 aliphatic heterocycles. The summed E-state index contributed by atoms with van der Waals surface area (Å²) in [7, 11) is 9.87. The van der Waals surface area contributed by atoms with Gasteiger partial charge in [-0.05, 0) is 72.0 Å². The van der Waals surface area contributed by atoms with Gasteiger partial charge in [-0.15, -0.1) is 0 Å². The summed E-state index contributed by atoms with van der Waals surface area (Å²) in [6, 6.07) is 0. The summed E-state index contributed by atoms with van der Waals surface area (Å²) in [6.45, 7) is 15.0. The van der Waals surface area contributed by atoms with E-state index in [2.05, 4.69) is 65.8 Å². The van der Waals surface area contributed by atoms with Crippen LogP contribution in [-0.4, -0.2) is 0 Å². The molecule has 2 fully saturated rings. The van der Waals surface area contributed by atoms with Crippen LogP contribution in [0, 0.1) is 74.0 Å². The van der Waals surface area contributed by atoms with Crippen LogP contribution in [-0.2, 0) is 20.8 Å². The van der Waals surface area contributed by atoms with Gasteiger partial charge in [-0.25, -0.2) is 0 Å². The molecule has 0 radical (unpaired) electrons. The Kier molecular flexibility index (Phi) is 13.0. The van der Waals surface area contributed by atoms with E-state index in [1.165, 1.54) is 12.8 Å². The van der Waals surface area contributed by atoms with Crippen molar-refractivity contribution >= 4 is 17.0 Å². The zero-order valence-electron chi connectivity index (χ0n) is 18.8. The van der Waals surface area contributed by atoms with Gasteiger partial charge in [-0.1, -0.05) is 65.8 Å². The molecule has 8 unspecified atom stereocenters. The van der Waals surface area contributed by atoms with Gasteiger partial charge in [-0.2, -0.15) is 0 Å². The van der Waals surface area contributed by atoms with Crippen molar-refractivity contribution in [2.45, 2.75) is 54.4 Å². The third-order valence-electron chi connectivity index (χ3n) is 8.13. The maximum absolute atomic E-state index is 4.93. The Morgan fingerprint density at radius 1 is 0.852 bits per heavy atom. The molecule has 27 heavy (non-hydrogen) atoms. The molecule has 0 aromatic rings. The summed E-state index contributed by atoms with van der Waals surface area (Å²) >= 11 is -0.826. The van der Waals surface area contributed by atoms with Crippen molar-refractivity contribution in [1.82, 2.24) is 0 Å². The van der Waals surface area contributed by atoms with Crippen molar-refractivity contribution < 1.29 is 20.8 Å². The number of hydrogen-bond donors (Lipinski definition) is 0. The van der Waals surface area contributed by atoms with Crippen molar-refractivity contribution in [2.24, 2.45) is 59.2 Å². The predicted octanol–water partition coefficient (Wildman–Crippen LogP) is 8.48. The zero-order chi connectivity index (χ0) is 18.7. The fourth-order valence-electron chi connectivity index (χ4n) is 6.20. The minimum absolute atomic E-state index is 0. The molecule has 0 bridgehead atoms. The summed E-state index contributed by atoms with van der Waals surface area (Å²) in [5, 5.41) is 0. The predicted molar refractivity (Wildman–Crippen MR) is 121 cm³/mol. The number of rotatable bonds is 3. The molecule has 3 heteroatoms. The van der Waals surface area contributed by atoms with Crippen LogP contribution in [0.25, 0.3) is 0 Å². The molecule has 0 saturated heterocycles. The molecule has 0 N–H and O–H groups in total. The fraction of sp³-hybridized carbons (Fsp3) is 0.750. The second kappa shape index (κ2) is 12.6. The monoisotopic (exact) mass is 490 g/mol. The molecule has 0 aromatic heterocycles. The van der Waals surface area contributed by atoms with E-state index in [0.29, 0.717) is 0 Å². The summed E-state index contributed by atoms with van der Waals surface area (Å²) in [6.07, 6.45) is 12.5. The third-order valence-corrected chi connectivity index (χ3v) is 8.13. The Hall–Kier alpha value is 0.943. The first-order valence-electron chi connectivity index (χ1n) is 10.1. The molecular formula is C24H42Cl2Zr. The molecule has 0 spiro atoms. The normalized spacial score (nSPS) is 41.7. The van der Waals surface area contributed by atoms with Gasteiger partial charge in [0.15, 0.2) is 0 Å². The number of fused-ring (bicyclic) bond motifs is 1. The van der Waals surface area contributed by atoms with Gasteiger partial charge in [0, 0.05) is 0 Å². The molecule has 0 nitrogen and oxygen atoms in total. The van der Waals surface area contributed by atoms with Gasteiger partial charge in [0.05, 0.1) is 0 Å². The summed E-state index contributed by atoms with van der Waals surface area (Å²) in [5.41, 5.74) is 0. The fourth-order valence-corrected chi connectivity index (χ4v) is 6.20. The van der Waals surface area contributed by atoms with Gasteiger partial charge in [0.25, 0.3) is 0 Å². The average molecular weight is 493 g/mol. The first-order chi connectivity index (χ1) is 11.8. The third kappa shape index (κ3) is 6.21. The van der Waals surface area contributed by atoms with Crippen molar-refractivity contribution in [3.8, 4) is 0 Å². The van der Waals surface area contributed by atoms with Crippen molar-refractivity contribution in [1.29, 1.82) is 0 Å². The second-order valence-corrected chi connectivity index (χ2v) is 13.0. The molecule has 3 rings (SSSR count). The topological polar surface area (TPSA) is 0 Å². The Morgan fingerprint density at radius 3 is 1.81 bits per heavy atom. The molecule has 8 atom stereocenters. The quantitative estimate of drug-likeness (QED) is 0.347. The summed E-state index contributed by atoms with van der Waals surface area (Å²) in [4.78, 5) is 0. The van der Waals surface area contributed by atoms with Crippen molar-refractivity contribution in [3.63, 3.8) is 0 Å². The van der Waals surface area contributed by atoms with Gasteiger partial charge >= 0.3 is 37.9 Å². The average Bonchev–Trinajstić information content (AvgIpc) is 3.04. The van der Waals surface area contributed by atoms with E-state index in [1.54, 1.807) is 0 Å². The molecular weight excluding hydrogens is 450 g/mol. The molecule has 3 aliphatic rings. The van der Waals surface area contributed by atoms with Crippen LogP contribution < -0.4 is 0 Å². The first kappa shape index (κ1) is 27.9. The number of halogens is 2. The van der Waals surface area contributed by atoms with E-state index in [9.17, 15) is 0 Å². The molecule has 3 aliphatic carbocycles. The van der Waals surface area contributed by atoms with Crippen LogP contribution in [0.15, 0.2) is 24.3 Å². The summed E-state index contributed by atoms with van der Waals surface area (Å²) in [5.74, 6) is 8.86. The van der Waals surface area contributed by atoms with E-state index in [0.717, 1.165) is 59.2 Å². The van der Waals surface area contributed by atoms with E-state index >= 15 is 0 Å². The van der Waals surface area contributed by atoms with E-state index in [1.807, 2.05) is 0 Å². The van der Waals surface area contributed by atoms with Gasteiger partial charge in [0.1, 0.15) is 0 Å². The molecule has 156 valence electrons. The molecule has 0 heterocycles. The van der Waals surface area contributed by atoms with Crippen LogP contribution in [0.4, 0.5) is 0 Å². The van der Waals surface area contributed by atoms with Crippen molar-refractivity contribution in [2.75, 3.05) is 0 Å². The Balaban J connectivity index is 0.00000127.